The van der Waals surface area contributed by atoms with E-state index in [-0.39, 0.29) is 16.3 Å². The first kappa shape index (κ1) is 18.7. The van der Waals surface area contributed by atoms with Crippen LogP contribution < -0.4 is 4.90 Å². The third-order valence-electron chi connectivity index (χ3n) is 4.77. The lowest BCUT2D eigenvalue weighted by molar-refractivity contribution is -0.137. The molecule has 0 N–H and O–H groups in total. The van der Waals surface area contributed by atoms with Gasteiger partial charge in [0.25, 0.3) is 0 Å². The summed E-state index contributed by atoms with van der Waals surface area (Å²) in [5.41, 5.74) is -0.883. The molecule has 2 heterocycles. The van der Waals surface area contributed by atoms with Crippen LogP contribution in [-0.2, 0) is 16.2 Å². The Bertz CT molecular complexity index is 745. The maximum atomic E-state index is 12.7. The van der Waals surface area contributed by atoms with Gasteiger partial charge < -0.3 is 4.90 Å². The minimum absolute atomic E-state index is 0.0489. The lowest BCUT2D eigenvalue weighted by Crippen LogP contribution is -2.46. The summed E-state index contributed by atoms with van der Waals surface area (Å²) in [7, 11) is -1.62. The van der Waals surface area contributed by atoms with Crippen LogP contribution in [0.5, 0.6) is 0 Å². The fraction of sp³-hybridized carbons (Fsp3) is 0.667. The predicted molar refractivity (Wildman–Crippen MR) is 89.2 cm³/mol. The first-order valence-electron chi connectivity index (χ1n) is 8.05. The maximum absolute atomic E-state index is 12.7. The lowest BCUT2D eigenvalue weighted by Gasteiger charge is -2.37. The molecule has 0 atom stereocenters. The number of rotatable bonds is 4. The molecule has 1 saturated heterocycles. The summed E-state index contributed by atoms with van der Waals surface area (Å²) in [6.45, 7) is 0.987. The molecule has 25 heavy (non-hydrogen) atoms. The van der Waals surface area contributed by atoms with Crippen molar-refractivity contribution in [3.8, 4) is 0 Å². The Labute approximate surface area is 149 Å². The Hall–Kier alpha value is -1.06. The van der Waals surface area contributed by atoms with Gasteiger partial charge in [-0.3, -0.25) is 0 Å². The number of sulfonamides is 1. The number of hydrogen-bond acceptors (Lipinski definition) is 4. The highest BCUT2D eigenvalue weighted by molar-refractivity contribution is 7.90. The molecule has 1 saturated carbocycles. The fourth-order valence-corrected chi connectivity index (χ4v) is 5.18. The first-order valence-corrected chi connectivity index (χ1v) is 9.93. The largest absolute Gasteiger partial charge is 0.417 e. The molecule has 10 heteroatoms. The molecule has 0 bridgehead atoms. The minimum Gasteiger partial charge on any atom is -0.355 e. The van der Waals surface area contributed by atoms with Gasteiger partial charge in [0.05, 0.1) is 15.8 Å². The SMILES string of the molecule is CN(C1CCN(c2ncc(C(F)(F)F)cc2Cl)CC1)S(=O)(=O)C1CC1. The van der Waals surface area contributed by atoms with Gasteiger partial charge in [0.1, 0.15) is 5.82 Å². The van der Waals surface area contributed by atoms with Crippen molar-refractivity contribution in [3.63, 3.8) is 0 Å². The average Bonchev–Trinajstić information content (AvgIpc) is 3.39. The number of nitrogens with zero attached hydrogens (tertiary/aromatic N) is 3. The average molecular weight is 398 g/mol. The van der Waals surface area contributed by atoms with Crippen molar-refractivity contribution in [1.29, 1.82) is 0 Å². The van der Waals surface area contributed by atoms with Crippen LogP contribution in [0.4, 0.5) is 19.0 Å². The van der Waals surface area contributed by atoms with Crippen LogP contribution in [0.2, 0.25) is 5.02 Å². The molecule has 1 aromatic heterocycles. The second kappa shape index (κ2) is 6.59. The maximum Gasteiger partial charge on any atom is 0.417 e. The van der Waals surface area contributed by atoms with E-state index in [2.05, 4.69) is 4.98 Å². The Balaban J connectivity index is 1.66. The summed E-state index contributed by atoms with van der Waals surface area (Å²) >= 11 is 5.98. The molecule has 5 nitrogen and oxygen atoms in total. The highest BCUT2D eigenvalue weighted by Crippen LogP contribution is 2.36. The second-order valence-corrected chi connectivity index (χ2v) is 9.19. The molecule has 0 radical (unpaired) electrons. The Morgan fingerprint density at radius 1 is 1.24 bits per heavy atom. The van der Waals surface area contributed by atoms with Crippen molar-refractivity contribution in [3.05, 3.63) is 22.8 Å². The molecule has 0 spiro atoms. The standard InChI is InChI=1S/C15H19ClF3N3O2S/c1-21(25(23,24)12-2-3-12)11-4-6-22(7-5-11)14-13(16)8-10(9-20-14)15(17,18)19/h8-9,11-12H,2-7H2,1H3. The summed E-state index contributed by atoms with van der Waals surface area (Å²) in [6, 6.07) is 0.773. The molecule has 1 aliphatic carbocycles. The zero-order valence-corrected chi connectivity index (χ0v) is 15.2. The van der Waals surface area contributed by atoms with Crippen LogP contribution in [-0.4, -0.2) is 49.1 Å². The Kier molecular flexibility index (Phi) is 4.93. The normalized spacial score (nSPS) is 20.3. The molecular weight excluding hydrogens is 379 g/mol. The van der Waals surface area contributed by atoms with E-state index in [4.69, 9.17) is 11.6 Å². The Morgan fingerprint density at radius 3 is 2.32 bits per heavy atom. The third kappa shape index (κ3) is 3.88. The quantitative estimate of drug-likeness (QED) is 0.783. The fourth-order valence-electron chi connectivity index (χ4n) is 3.07. The highest BCUT2D eigenvalue weighted by atomic mass is 35.5. The van der Waals surface area contributed by atoms with Gasteiger partial charge in [-0.25, -0.2) is 17.7 Å². The van der Waals surface area contributed by atoms with Crippen molar-refractivity contribution in [2.45, 2.75) is 43.2 Å². The van der Waals surface area contributed by atoms with Crippen molar-refractivity contribution in [1.82, 2.24) is 9.29 Å². The summed E-state index contributed by atoms with van der Waals surface area (Å²) in [5, 5.41) is -0.297. The van der Waals surface area contributed by atoms with Gasteiger partial charge in [-0.15, -0.1) is 0 Å². The van der Waals surface area contributed by atoms with Crippen molar-refractivity contribution < 1.29 is 21.6 Å². The minimum atomic E-state index is -4.48. The Morgan fingerprint density at radius 2 is 1.84 bits per heavy atom. The number of aromatic nitrogens is 1. The van der Waals surface area contributed by atoms with Gasteiger partial charge in [-0.2, -0.15) is 13.2 Å². The van der Waals surface area contributed by atoms with Gasteiger partial charge in [0.15, 0.2) is 0 Å². The molecule has 0 amide bonds. The van der Waals surface area contributed by atoms with Gasteiger partial charge in [0.2, 0.25) is 10.0 Å². The van der Waals surface area contributed by atoms with Crippen molar-refractivity contribution >= 4 is 27.4 Å². The van der Waals surface area contributed by atoms with Crippen LogP contribution in [0.25, 0.3) is 0 Å². The van der Waals surface area contributed by atoms with E-state index >= 15 is 0 Å². The summed E-state index contributed by atoms with van der Waals surface area (Å²) in [5.74, 6) is 0.306. The molecule has 1 aliphatic heterocycles. The van der Waals surface area contributed by atoms with E-state index in [1.165, 1.54) is 4.31 Å². The lowest BCUT2D eigenvalue weighted by atomic mass is 10.1. The van der Waals surface area contributed by atoms with Crippen LogP contribution in [0, 0.1) is 0 Å². The summed E-state index contributed by atoms with van der Waals surface area (Å²) in [4.78, 5) is 5.67. The summed E-state index contributed by atoms with van der Waals surface area (Å²) < 4.78 is 64.1. The molecule has 2 fully saturated rings. The van der Waals surface area contributed by atoms with E-state index in [1.54, 1.807) is 11.9 Å². The van der Waals surface area contributed by atoms with Gasteiger partial charge >= 0.3 is 6.18 Å². The van der Waals surface area contributed by atoms with Crippen LogP contribution >= 0.6 is 11.6 Å². The van der Waals surface area contributed by atoms with Crippen molar-refractivity contribution in [2.24, 2.45) is 0 Å². The zero-order chi connectivity index (χ0) is 18.4. The molecule has 140 valence electrons. The van der Waals surface area contributed by atoms with Crippen LogP contribution in [0.1, 0.15) is 31.2 Å². The molecule has 1 aromatic rings. The number of alkyl halides is 3. The van der Waals surface area contributed by atoms with Crippen LogP contribution in [0.15, 0.2) is 12.3 Å². The van der Waals surface area contributed by atoms with Gasteiger partial charge in [-0.1, -0.05) is 11.6 Å². The van der Waals surface area contributed by atoms with Crippen molar-refractivity contribution in [2.75, 3.05) is 25.0 Å². The molecule has 0 unspecified atom stereocenters. The third-order valence-corrected chi connectivity index (χ3v) is 7.47. The zero-order valence-electron chi connectivity index (χ0n) is 13.6. The molecule has 2 aliphatic rings. The first-order chi connectivity index (χ1) is 11.6. The number of piperidine rings is 1. The molecular formula is C15H19ClF3N3O2S. The van der Waals surface area contributed by atoms with E-state index in [9.17, 15) is 21.6 Å². The van der Waals surface area contributed by atoms with E-state index in [1.807, 2.05) is 0 Å². The smallest absolute Gasteiger partial charge is 0.355 e. The van der Waals surface area contributed by atoms with Crippen LogP contribution in [0.3, 0.4) is 0 Å². The molecule has 0 aromatic carbocycles. The monoisotopic (exact) mass is 397 g/mol. The number of hydrogen-bond donors (Lipinski definition) is 0. The second-order valence-electron chi connectivity index (χ2n) is 6.51. The van der Waals surface area contributed by atoms with E-state index < -0.39 is 21.8 Å². The summed E-state index contributed by atoms with van der Waals surface area (Å²) in [6.07, 6.45) is -1.10. The van der Waals surface area contributed by atoms with E-state index in [0.717, 1.165) is 25.1 Å². The highest BCUT2D eigenvalue weighted by Gasteiger charge is 2.41. The topological polar surface area (TPSA) is 53.5 Å². The van der Waals surface area contributed by atoms with Gasteiger partial charge in [-0.05, 0) is 31.7 Å². The number of anilines is 1. The molecule has 3 rings (SSSR count). The van der Waals surface area contributed by atoms with E-state index in [0.29, 0.717) is 31.7 Å². The predicted octanol–water partition coefficient (Wildman–Crippen LogP) is 3.15. The van der Waals surface area contributed by atoms with Gasteiger partial charge in [0, 0.05) is 32.4 Å². The number of halogens is 4. The number of pyridine rings is 1.